The van der Waals surface area contributed by atoms with Gasteiger partial charge < -0.3 is 9.80 Å². The number of alkyl halides is 3. The van der Waals surface area contributed by atoms with Gasteiger partial charge in [0.2, 0.25) is 5.91 Å². The van der Waals surface area contributed by atoms with Crippen LogP contribution in [0.4, 0.5) is 13.2 Å². The molecule has 2 heterocycles. The van der Waals surface area contributed by atoms with Gasteiger partial charge in [-0.3, -0.25) is 9.59 Å². The Balaban J connectivity index is 1.14. The van der Waals surface area contributed by atoms with Crippen LogP contribution in [-0.2, 0) is 11.0 Å². The second-order valence-corrected chi connectivity index (χ2v) is 12.8. The Morgan fingerprint density at radius 2 is 1.44 bits per heavy atom. The Hall–Kier alpha value is -1.70. The van der Waals surface area contributed by atoms with Crippen LogP contribution in [0.2, 0.25) is 0 Å². The van der Waals surface area contributed by atoms with Crippen LogP contribution in [-0.4, -0.2) is 51.9 Å². The van der Waals surface area contributed by atoms with Gasteiger partial charge in [0.1, 0.15) is 0 Å². The van der Waals surface area contributed by atoms with E-state index in [2.05, 4.69) is 4.90 Å². The molecule has 6 fully saturated rings. The lowest BCUT2D eigenvalue weighted by Crippen LogP contribution is -2.58. The number of hydrogen-bond donors (Lipinski definition) is 0. The van der Waals surface area contributed by atoms with Crippen molar-refractivity contribution in [1.29, 1.82) is 0 Å². The Labute approximate surface area is 202 Å². The first-order valence-corrected chi connectivity index (χ1v) is 13.6. The molecule has 2 amide bonds. The number of amides is 2. The second-order valence-electron chi connectivity index (χ2n) is 11.3. The number of carbonyl (C=O) groups excluding carboxylic acids is 2. The maximum Gasteiger partial charge on any atom is 0.416 e. The number of likely N-dealkylation sites (tertiary alicyclic amines) is 1. The van der Waals surface area contributed by atoms with Crippen LogP contribution in [0, 0.1) is 23.2 Å². The minimum absolute atomic E-state index is 0.141. The summed E-state index contributed by atoms with van der Waals surface area (Å²) < 4.78 is 38.7. The topological polar surface area (TPSA) is 40.6 Å². The van der Waals surface area contributed by atoms with Crippen LogP contribution in [0.15, 0.2) is 24.3 Å². The molecule has 4 bridgehead atoms. The van der Waals surface area contributed by atoms with E-state index in [0.29, 0.717) is 31.1 Å². The van der Waals surface area contributed by atoms with Crippen LogP contribution < -0.4 is 0 Å². The van der Waals surface area contributed by atoms with Gasteiger partial charge in [0.05, 0.1) is 15.8 Å². The lowest BCUT2D eigenvalue weighted by atomic mass is 9.49. The van der Waals surface area contributed by atoms with Crippen molar-refractivity contribution < 1.29 is 22.8 Å². The van der Waals surface area contributed by atoms with Crippen LogP contribution in [0.25, 0.3) is 0 Å². The molecule has 1 aromatic carbocycles. The molecule has 8 heteroatoms. The number of piperidine rings is 1. The van der Waals surface area contributed by atoms with E-state index in [0.717, 1.165) is 67.7 Å². The first-order chi connectivity index (χ1) is 16.2. The van der Waals surface area contributed by atoms with Crippen molar-refractivity contribution in [3.8, 4) is 0 Å². The summed E-state index contributed by atoms with van der Waals surface area (Å²) in [7, 11) is 0. The SMILES string of the molecule is O=C(c1ccc(C(F)(F)F)cc1)N1CCSC12CCN(C(=O)C13CC4CC(CC(C4)C1)C3)CC2. The summed E-state index contributed by atoms with van der Waals surface area (Å²) in [5, 5.41) is 0. The Morgan fingerprint density at radius 3 is 1.97 bits per heavy atom. The molecule has 0 radical (unpaired) electrons. The van der Waals surface area contributed by atoms with E-state index in [1.54, 1.807) is 11.8 Å². The first-order valence-electron chi connectivity index (χ1n) is 12.6. The number of carbonyl (C=O) groups is 2. The molecule has 4 nitrogen and oxygen atoms in total. The fourth-order valence-electron chi connectivity index (χ4n) is 8.03. The van der Waals surface area contributed by atoms with Crippen molar-refractivity contribution in [3.63, 3.8) is 0 Å². The fraction of sp³-hybridized carbons (Fsp3) is 0.692. The molecule has 1 aromatic rings. The Kier molecular flexibility index (Phi) is 5.29. The van der Waals surface area contributed by atoms with Crippen LogP contribution in [0.1, 0.15) is 67.3 Å². The van der Waals surface area contributed by atoms with Crippen molar-refractivity contribution in [3.05, 3.63) is 35.4 Å². The van der Waals surface area contributed by atoms with Gasteiger partial charge in [-0.15, -0.1) is 11.8 Å². The normalized spacial score (nSPS) is 34.1. The summed E-state index contributed by atoms with van der Waals surface area (Å²) in [6.07, 6.45) is 4.16. The van der Waals surface area contributed by atoms with Crippen molar-refractivity contribution in [2.75, 3.05) is 25.4 Å². The molecule has 0 N–H and O–H groups in total. The second kappa shape index (κ2) is 7.90. The molecule has 2 aliphatic heterocycles. The van der Waals surface area contributed by atoms with E-state index in [1.165, 1.54) is 31.4 Å². The minimum Gasteiger partial charge on any atom is -0.342 e. The summed E-state index contributed by atoms with van der Waals surface area (Å²) in [5.74, 6) is 3.15. The van der Waals surface area contributed by atoms with Gasteiger partial charge in [-0.1, -0.05) is 0 Å². The molecule has 4 saturated carbocycles. The smallest absolute Gasteiger partial charge is 0.342 e. The number of hydrogen-bond acceptors (Lipinski definition) is 3. The third-order valence-corrected chi connectivity index (χ3v) is 10.8. The molecule has 34 heavy (non-hydrogen) atoms. The zero-order valence-corrected chi connectivity index (χ0v) is 20.1. The highest BCUT2D eigenvalue weighted by atomic mass is 32.2. The lowest BCUT2D eigenvalue weighted by molar-refractivity contribution is -0.159. The number of benzene rings is 1. The number of halogens is 3. The van der Waals surface area contributed by atoms with Crippen molar-refractivity contribution in [2.45, 2.75) is 62.4 Å². The summed E-state index contributed by atoms with van der Waals surface area (Å²) in [6, 6.07) is 4.53. The van der Waals surface area contributed by atoms with Gasteiger partial charge in [-0.25, -0.2) is 0 Å². The van der Waals surface area contributed by atoms with Crippen molar-refractivity contribution in [1.82, 2.24) is 9.80 Å². The molecule has 184 valence electrons. The molecule has 2 saturated heterocycles. The molecular formula is C26H31F3N2O2S. The van der Waals surface area contributed by atoms with Gasteiger partial charge in [0, 0.05) is 31.0 Å². The molecule has 0 atom stereocenters. The van der Waals surface area contributed by atoms with Crippen LogP contribution >= 0.6 is 11.8 Å². The van der Waals surface area contributed by atoms with Crippen LogP contribution in [0.5, 0.6) is 0 Å². The van der Waals surface area contributed by atoms with Crippen LogP contribution in [0.3, 0.4) is 0 Å². The number of nitrogens with zero attached hydrogens (tertiary/aromatic N) is 2. The van der Waals surface area contributed by atoms with Gasteiger partial charge in [0.15, 0.2) is 0 Å². The summed E-state index contributed by atoms with van der Waals surface area (Å²) >= 11 is 1.76. The van der Waals surface area contributed by atoms with E-state index in [9.17, 15) is 22.8 Å². The van der Waals surface area contributed by atoms with E-state index < -0.39 is 11.7 Å². The Bertz CT molecular complexity index is 949. The molecule has 7 rings (SSSR count). The van der Waals surface area contributed by atoms with E-state index in [1.807, 2.05) is 4.90 Å². The van der Waals surface area contributed by atoms with E-state index in [-0.39, 0.29) is 16.2 Å². The minimum atomic E-state index is -4.41. The van der Waals surface area contributed by atoms with Crippen molar-refractivity contribution in [2.24, 2.45) is 23.2 Å². The average Bonchev–Trinajstić information content (AvgIpc) is 3.20. The predicted octanol–water partition coefficient (Wildman–Crippen LogP) is 5.43. The van der Waals surface area contributed by atoms with Crippen molar-refractivity contribution >= 4 is 23.6 Å². The average molecular weight is 493 g/mol. The lowest BCUT2D eigenvalue weighted by Gasteiger charge is -2.57. The maximum atomic E-state index is 13.8. The summed E-state index contributed by atoms with van der Waals surface area (Å²) in [4.78, 5) is 30.6. The molecular weight excluding hydrogens is 461 g/mol. The molecule has 6 aliphatic rings. The molecule has 1 spiro atoms. The molecule has 0 aromatic heterocycles. The quantitative estimate of drug-likeness (QED) is 0.553. The zero-order valence-electron chi connectivity index (χ0n) is 19.3. The fourth-order valence-corrected chi connectivity index (χ4v) is 9.49. The highest BCUT2D eigenvalue weighted by Crippen LogP contribution is 2.61. The van der Waals surface area contributed by atoms with E-state index in [4.69, 9.17) is 0 Å². The number of rotatable bonds is 2. The third-order valence-electron chi connectivity index (χ3n) is 9.21. The highest BCUT2D eigenvalue weighted by Gasteiger charge is 2.56. The monoisotopic (exact) mass is 492 g/mol. The highest BCUT2D eigenvalue weighted by molar-refractivity contribution is 8.00. The third kappa shape index (κ3) is 3.66. The van der Waals surface area contributed by atoms with Gasteiger partial charge in [-0.2, -0.15) is 13.2 Å². The van der Waals surface area contributed by atoms with Gasteiger partial charge >= 0.3 is 6.18 Å². The van der Waals surface area contributed by atoms with E-state index >= 15 is 0 Å². The van der Waals surface area contributed by atoms with Gasteiger partial charge in [0.25, 0.3) is 5.91 Å². The number of thioether (sulfide) groups is 1. The largest absolute Gasteiger partial charge is 0.416 e. The molecule has 4 aliphatic carbocycles. The summed E-state index contributed by atoms with van der Waals surface area (Å²) in [5.41, 5.74) is -0.592. The first kappa shape index (κ1) is 22.7. The summed E-state index contributed by atoms with van der Waals surface area (Å²) in [6.45, 7) is 1.90. The predicted molar refractivity (Wildman–Crippen MR) is 124 cm³/mol. The van der Waals surface area contributed by atoms with Gasteiger partial charge in [-0.05, 0) is 93.4 Å². The standard InChI is InChI=1S/C26H31F3N2O2S/c27-26(28,29)21-3-1-20(2-4-21)22(32)31-9-10-34-25(31)5-7-30(8-6-25)23(33)24-14-17-11-18(15-24)13-19(12-17)16-24/h1-4,17-19H,5-16H2. The maximum absolute atomic E-state index is 13.8. The molecule has 0 unspecified atom stereocenters. The Morgan fingerprint density at radius 1 is 0.882 bits per heavy atom. The zero-order chi connectivity index (χ0) is 23.7.